The second kappa shape index (κ2) is 3.48. The lowest BCUT2D eigenvalue weighted by atomic mass is 10.3. The fourth-order valence-electron chi connectivity index (χ4n) is 0.744. The van der Waals surface area contributed by atoms with Gasteiger partial charge in [0, 0.05) is 6.42 Å². The molecule has 11 heavy (non-hydrogen) atoms. The zero-order valence-corrected chi connectivity index (χ0v) is 6.97. The zero-order valence-electron chi connectivity index (χ0n) is 6.21. The molecule has 1 heterocycles. The molecule has 4 nitrogen and oxygen atoms in total. The number of hydrogen-bond acceptors (Lipinski definition) is 4. The third-order valence-corrected chi connectivity index (χ3v) is 1.31. The monoisotopic (exact) mass is 172 g/mol. The minimum atomic E-state index is 0.168. The normalized spacial score (nSPS) is 10.0. The number of aryl methyl sites for hydroxylation is 1. The Morgan fingerprint density at radius 3 is 2.64 bits per heavy atom. The van der Waals surface area contributed by atoms with E-state index in [2.05, 4.69) is 15.0 Å². The van der Waals surface area contributed by atoms with E-state index in [1.54, 1.807) is 0 Å². The molecule has 0 aromatic carbocycles. The average molecular weight is 173 g/mol. The van der Waals surface area contributed by atoms with Crippen molar-refractivity contribution >= 4 is 17.5 Å². The number of hydrogen-bond donors (Lipinski definition) is 1. The lowest BCUT2D eigenvalue weighted by molar-refractivity contribution is 0.821. The maximum atomic E-state index is 5.54. The Morgan fingerprint density at radius 1 is 1.36 bits per heavy atom. The smallest absolute Gasteiger partial charge is 0.227 e. The third kappa shape index (κ3) is 2.31. The van der Waals surface area contributed by atoms with Crippen molar-refractivity contribution in [2.75, 3.05) is 5.73 Å². The number of nitrogen functional groups attached to an aromatic ring is 1. The Labute approximate surface area is 69.8 Å². The molecule has 0 spiro atoms. The highest BCUT2D eigenvalue weighted by molar-refractivity contribution is 6.28. The van der Waals surface area contributed by atoms with Gasteiger partial charge in [0.2, 0.25) is 11.2 Å². The van der Waals surface area contributed by atoms with Gasteiger partial charge in [-0.3, -0.25) is 0 Å². The van der Waals surface area contributed by atoms with Crippen molar-refractivity contribution in [2.24, 2.45) is 0 Å². The highest BCUT2D eigenvalue weighted by Crippen LogP contribution is 2.04. The van der Waals surface area contributed by atoms with Gasteiger partial charge in [-0.1, -0.05) is 6.92 Å². The van der Waals surface area contributed by atoms with Gasteiger partial charge >= 0.3 is 0 Å². The van der Waals surface area contributed by atoms with Gasteiger partial charge < -0.3 is 5.73 Å². The van der Waals surface area contributed by atoms with E-state index in [1.807, 2.05) is 6.92 Å². The van der Waals surface area contributed by atoms with Gasteiger partial charge in [0.25, 0.3) is 0 Å². The standard InChI is InChI=1S/C6H9ClN4/c1-2-3-4-9-5(7)11-6(8)10-4/h2-3H2,1H3,(H2,8,9,10,11). The Morgan fingerprint density at radius 2 is 2.09 bits per heavy atom. The van der Waals surface area contributed by atoms with Crippen molar-refractivity contribution < 1.29 is 0 Å². The maximum Gasteiger partial charge on any atom is 0.227 e. The highest BCUT2D eigenvalue weighted by Gasteiger charge is 1.99. The Bertz CT molecular complexity index is 230. The van der Waals surface area contributed by atoms with E-state index in [-0.39, 0.29) is 11.2 Å². The van der Waals surface area contributed by atoms with E-state index in [1.165, 1.54) is 0 Å². The molecule has 60 valence electrons. The number of rotatable bonds is 2. The average Bonchev–Trinajstić information content (AvgIpc) is 1.85. The summed E-state index contributed by atoms with van der Waals surface area (Å²) in [5, 5.41) is 0.168. The lowest BCUT2D eigenvalue weighted by Crippen LogP contribution is -2.02. The number of aromatic nitrogens is 3. The minimum absolute atomic E-state index is 0.168. The van der Waals surface area contributed by atoms with Crippen LogP contribution in [0.3, 0.4) is 0 Å². The molecule has 1 aromatic rings. The largest absolute Gasteiger partial charge is 0.368 e. The topological polar surface area (TPSA) is 64.7 Å². The van der Waals surface area contributed by atoms with Crippen LogP contribution in [0.25, 0.3) is 0 Å². The van der Waals surface area contributed by atoms with Crippen molar-refractivity contribution in [1.29, 1.82) is 0 Å². The lowest BCUT2D eigenvalue weighted by Gasteiger charge is -1.97. The minimum Gasteiger partial charge on any atom is -0.368 e. The van der Waals surface area contributed by atoms with Gasteiger partial charge in [-0.25, -0.2) is 4.98 Å². The van der Waals surface area contributed by atoms with Crippen LogP contribution in [0.1, 0.15) is 19.2 Å². The van der Waals surface area contributed by atoms with Crippen molar-refractivity contribution in [3.05, 3.63) is 11.1 Å². The SMILES string of the molecule is CCCc1nc(N)nc(Cl)n1. The first-order valence-electron chi connectivity index (χ1n) is 3.38. The molecule has 2 N–H and O–H groups in total. The molecule has 5 heteroatoms. The van der Waals surface area contributed by atoms with Crippen molar-refractivity contribution in [2.45, 2.75) is 19.8 Å². The first-order chi connectivity index (χ1) is 5.22. The summed E-state index contributed by atoms with van der Waals surface area (Å²) in [6, 6.07) is 0. The van der Waals surface area contributed by atoms with Gasteiger partial charge in [-0.05, 0) is 18.0 Å². The second-order valence-electron chi connectivity index (χ2n) is 2.13. The van der Waals surface area contributed by atoms with Crippen LogP contribution in [0, 0.1) is 0 Å². The van der Waals surface area contributed by atoms with Crippen molar-refractivity contribution in [3.8, 4) is 0 Å². The summed E-state index contributed by atoms with van der Waals surface area (Å²) in [6.45, 7) is 2.04. The van der Waals surface area contributed by atoms with Gasteiger partial charge in [-0.2, -0.15) is 9.97 Å². The Balaban J connectivity index is 2.89. The van der Waals surface area contributed by atoms with Crippen LogP contribution in [-0.4, -0.2) is 15.0 Å². The predicted molar refractivity (Wildman–Crippen MR) is 43.2 cm³/mol. The summed E-state index contributed by atoms with van der Waals surface area (Å²) >= 11 is 5.54. The molecule has 0 amide bonds. The molecule has 0 fully saturated rings. The molecule has 0 saturated heterocycles. The van der Waals surface area contributed by atoms with E-state index in [9.17, 15) is 0 Å². The molecular weight excluding hydrogens is 164 g/mol. The number of halogens is 1. The summed E-state index contributed by atoms with van der Waals surface area (Å²) < 4.78 is 0. The molecule has 1 aromatic heterocycles. The summed E-state index contributed by atoms with van der Waals surface area (Å²) in [7, 11) is 0. The van der Waals surface area contributed by atoms with Gasteiger partial charge in [0.1, 0.15) is 5.82 Å². The fourth-order valence-corrected chi connectivity index (χ4v) is 0.928. The first-order valence-corrected chi connectivity index (χ1v) is 3.76. The Hall–Kier alpha value is -0.900. The molecule has 1 rings (SSSR count). The zero-order chi connectivity index (χ0) is 8.27. The van der Waals surface area contributed by atoms with Crippen LogP contribution in [0.5, 0.6) is 0 Å². The summed E-state index contributed by atoms with van der Waals surface area (Å²) in [5.74, 6) is 0.846. The molecule has 0 atom stereocenters. The summed E-state index contributed by atoms with van der Waals surface area (Å²) in [4.78, 5) is 11.4. The van der Waals surface area contributed by atoms with E-state index in [0.717, 1.165) is 12.8 Å². The van der Waals surface area contributed by atoms with Crippen LogP contribution < -0.4 is 5.73 Å². The molecule has 0 unspecified atom stereocenters. The molecule has 0 aliphatic rings. The summed E-state index contributed by atoms with van der Waals surface area (Å²) in [5.41, 5.74) is 5.34. The molecule has 0 radical (unpaired) electrons. The molecule has 0 bridgehead atoms. The number of nitrogens with two attached hydrogens (primary N) is 1. The predicted octanol–water partition coefficient (Wildman–Crippen LogP) is 1.06. The maximum absolute atomic E-state index is 5.54. The van der Waals surface area contributed by atoms with Gasteiger partial charge in [0.05, 0.1) is 0 Å². The second-order valence-corrected chi connectivity index (χ2v) is 2.47. The van der Waals surface area contributed by atoms with Crippen molar-refractivity contribution in [1.82, 2.24) is 15.0 Å². The highest BCUT2D eigenvalue weighted by atomic mass is 35.5. The van der Waals surface area contributed by atoms with E-state index in [4.69, 9.17) is 17.3 Å². The third-order valence-electron chi connectivity index (χ3n) is 1.15. The van der Waals surface area contributed by atoms with Crippen molar-refractivity contribution in [3.63, 3.8) is 0 Å². The first kappa shape index (κ1) is 8.20. The van der Waals surface area contributed by atoms with Crippen LogP contribution in [0.15, 0.2) is 0 Å². The quantitative estimate of drug-likeness (QED) is 0.725. The number of nitrogens with zero attached hydrogens (tertiary/aromatic N) is 3. The number of anilines is 1. The van der Waals surface area contributed by atoms with Crippen LogP contribution >= 0.6 is 11.6 Å². The Kier molecular flexibility index (Phi) is 2.59. The fraction of sp³-hybridized carbons (Fsp3) is 0.500. The van der Waals surface area contributed by atoms with Gasteiger partial charge in [-0.15, -0.1) is 0 Å². The van der Waals surface area contributed by atoms with E-state index in [0.29, 0.717) is 5.82 Å². The van der Waals surface area contributed by atoms with E-state index >= 15 is 0 Å². The molecule has 0 aliphatic heterocycles. The molecular formula is C6H9ClN4. The summed E-state index contributed by atoms with van der Waals surface area (Å²) in [6.07, 6.45) is 1.76. The molecule has 0 aliphatic carbocycles. The molecule has 0 saturated carbocycles. The van der Waals surface area contributed by atoms with Crippen LogP contribution in [-0.2, 0) is 6.42 Å². The van der Waals surface area contributed by atoms with Crippen LogP contribution in [0.4, 0.5) is 5.95 Å². The van der Waals surface area contributed by atoms with Crippen LogP contribution in [0.2, 0.25) is 5.28 Å². The van der Waals surface area contributed by atoms with Gasteiger partial charge in [0.15, 0.2) is 0 Å². The van der Waals surface area contributed by atoms with E-state index < -0.39 is 0 Å².